The van der Waals surface area contributed by atoms with E-state index in [0.717, 1.165) is 25.0 Å². The van der Waals surface area contributed by atoms with Crippen LogP contribution in [0, 0.1) is 11.6 Å². The molecule has 1 N–H and O–H groups in total. The molecule has 1 saturated heterocycles. The lowest BCUT2D eigenvalue weighted by Crippen LogP contribution is -2.29. The molecule has 0 atom stereocenters. The molecule has 1 amide bonds. The second-order valence-corrected chi connectivity index (χ2v) is 8.11. The third kappa shape index (κ3) is 4.25. The molecule has 26 heavy (non-hydrogen) atoms. The fourth-order valence-electron chi connectivity index (χ4n) is 2.81. The molecule has 1 aliphatic heterocycles. The van der Waals surface area contributed by atoms with E-state index in [9.17, 15) is 22.0 Å². The zero-order valence-electron chi connectivity index (χ0n) is 13.9. The normalized spacial score (nSPS) is 15.2. The van der Waals surface area contributed by atoms with Gasteiger partial charge in [0.25, 0.3) is 5.91 Å². The molecule has 0 spiro atoms. The Morgan fingerprint density at radius 3 is 2.31 bits per heavy atom. The summed E-state index contributed by atoms with van der Waals surface area (Å²) >= 11 is 0. The van der Waals surface area contributed by atoms with Crippen LogP contribution < -0.4 is 5.32 Å². The Morgan fingerprint density at radius 1 is 1.04 bits per heavy atom. The maximum absolute atomic E-state index is 13.6. The number of benzene rings is 2. The van der Waals surface area contributed by atoms with Crippen molar-refractivity contribution in [3.8, 4) is 0 Å². The van der Waals surface area contributed by atoms with Gasteiger partial charge in [0.2, 0.25) is 10.0 Å². The van der Waals surface area contributed by atoms with Gasteiger partial charge >= 0.3 is 0 Å². The van der Waals surface area contributed by atoms with Gasteiger partial charge in [-0.1, -0.05) is 12.1 Å². The van der Waals surface area contributed by atoms with Crippen LogP contribution in [0.2, 0.25) is 0 Å². The van der Waals surface area contributed by atoms with Crippen LogP contribution in [0.15, 0.2) is 42.5 Å². The maximum Gasteiger partial charge on any atom is 0.255 e. The minimum Gasteiger partial charge on any atom is -0.319 e. The van der Waals surface area contributed by atoms with Gasteiger partial charge in [0.1, 0.15) is 11.6 Å². The van der Waals surface area contributed by atoms with Crippen molar-refractivity contribution in [2.75, 3.05) is 18.4 Å². The van der Waals surface area contributed by atoms with E-state index in [2.05, 4.69) is 5.32 Å². The largest absolute Gasteiger partial charge is 0.319 e. The highest BCUT2D eigenvalue weighted by atomic mass is 32.2. The summed E-state index contributed by atoms with van der Waals surface area (Å²) in [5, 5.41) is 2.36. The lowest BCUT2D eigenvalue weighted by molar-refractivity contribution is 0.102. The molecular formula is C18H18F2N2O3S. The number of amides is 1. The van der Waals surface area contributed by atoms with E-state index < -0.39 is 27.6 Å². The average molecular weight is 380 g/mol. The Hall–Kier alpha value is -2.32. The second-order valence-electron chi connectivity index (χ2n) is 6.14. The number of rotatable bonds is 5. The van der Waals surface area contributed by atoms with Crippen molar-refractivity contribution in [2.45, 2.75) is 18.6 Å². The van der Waals surface area contributed by atoms with Gasteiger partial charge in [0, 0.05) is 24.7 Å². The fourth-order valence-corrected chi connectivity index (χ4v) is 4.42. The molecule has 5 nitrogen and oxygen atoms in total. The van der Waals surface area contributed by atoms with Gasteiger partial charge in [-0.25, -0.2) is 21.5 Å². The minimum absolute atomic E-state index is 0.124. The van der Waals surface area contributed by atoms with Crippen LogP contribution in [0.25, 0.3) is 0 Å². The summed E-state index contributed by atoms with van der Waals surface area (Å²) in [6.45, 7) is 1.10. The molecule has 8 heteroatoms. The molecule has 1 aliphatic rings. The summed E-state index contributed by atoms with van der Waals surface area (Å²) in [6, 6.07) is 8.94. The number of carbonyl (C=O) groups is 1. The van der Waals surface area contributed by atoms with Crippen molar-refractivity contribution in [3.05, 3.63) is 65.2 Å². The average Bonchev–Trinajstić information content (AvgIpc) is 3.13. The first-order chi connectivity index (χ1) is 12.3. The van der Waals surface area contributed by atoms with E-state index >= 15 is 0 Å². The Morgan fingerprint density at radius 2 is 1.69 bits per heavy atom. The lowest BCUT2D eigenvalue weighted by Gasteiger charge is -2.15. The SMILES string of the molecule is O=C(Nc1ccc(F)cc1F)c1ccc(CS(=O)(=O)N2CCCC2)cc1. The molecular weight excluding hydrogens is 362 g/mol. The van der Waals surface area contributed by atoms with Crippen molar-refractivity contribution in [3.63, 3.8) is 0 Å². The van der Waals surface area contributed by atoms with E-state index in [1.165, 1.54) is 16.4 Å². The molecule has 138 valence electrons. The fraction of sp³-hybridized carbons (Fsp3) is 0.278. The number of halogens is 2. The van der Waals surface area contributed by atoms with Crippen molar-refractivity contribution >= 4 is 21.6 Å². The van der Waals surface area contributed by atoms with Crippen LogP contribution in [0.4, 0.5) is 14.5 Å². The van der Waals surface area contributed by atoms with Crippen LogP contribution in [-0.4, -0.2) is 31.7 Å². The topological polar surface area (TPSA) is 66.5 Å². The van der Waals surface area contributed by atoms with Gasteiger partial charge < -0.3 is 5.32 Å². The van der Waals surface area contributed by atoms with E-state index in [0.29, 0.717) is 24.7 Å². The van der Waals surface area contributed by atoms with Crippen molar-refractivity contribution in [1.82, 2.24) is 4.31 Å². The summed E-state index contributed by atoms with van der Waals surface area (Å²) in [5.74, 6) is -2.29. The van der Waals surface area contributed by atoms with E-state index in [4.69, 9.17) is 0 Å². The van der Waals surface area contributed by atoms with Gasteiger partial charge in [-0.2, -0.15) is 0 Å². The second kappa shape index (κ2) is 7.51. The quantitative estimate of drug-likeness (QED) is 0.867. The molecule has 0 bridgehead atoms. The molecule has 0 aliphatic carbocycles. The summed E-state index contributed by atoms with van der Waals surface area (Å²) in [4.78, 5) is 12.2. The number of nitrogens with zero attached hydrogens (tertiary/aromatic N) is 1. The minimum atomic E-state index is -3.36. The third-order valence-corrected chi connectivity index (χ3v) is 6.05. The lowest BCUT2D eigenvalue weighted by atomic mass is 10.1. The summed E-state index contributed by atoms with van der Waals surface area (Å²) < 4.78 is 52.6. The Balaban J connectivity index is 1.68. The predicted octanol–water partition coefficient (Wildman–Crippen LogP) is 3.14. The molecule has 3 rings (SSSR count). The van der Waals surface area contributed by atoms with E-state index in [1.807, 2.05) is 0 Å². The molecule has 0 unspecified atom stereocenters. The monoisotopic (exact) mass is 380 g/mol. The first-order valence-corrected chi connectivity index (χ1v) is 9.79. The first kappa shape index (κ1) is 18.5. The molecule has 0 radical (unpaired) electrons. The highest BCUT2D eigenvalue weighted by Crippen LogP contribution is 2.19. The molecule has 1 fully saturated rings. The number of anilines is 1. The third-order valence-electron chi connectivity index (χ3n) is 4.20. The Labute approximate surface area is 150 Å². The van der Waals surface area contributed by atoms with Crippen LogP contribution in [0.1, 0.15) is 28.8 Å². The molecule has 0 aromatic heterocycles. The van der Waals surface area contributed by atoms with Gasteiger partial charge in [0.15, 0.2) is 0 Å². The number of hydrogen-bond donors (Lipinski definition) is 1. The predicted molar refractivity (Wildman–Crippen MR) is 94.2 cm³/mol. The highest BCUT2D eigenvalue weighted by Gasteiger charge is 2.25. The summed E-state index contributed by atoms with van der Waals surface area (Å²) in [7, 11) is -3.36. The zero-order chi connectivity index (χ0) is 18.7. The van der Waals surface area contributed by atoms with Crippen LogP contribution in [0.3, 0.4) is 0 Å². The van der Waals surface area contributed by atoms with Crippen molar-refractivity contribution < 1.29 is 22.0 Å². The summed E-state index contributed by atoms with van der Waals surface area (Å²) in [5.41, 5.74) is 0.689. The van der Waals surface area contributed by atoms with Crippen LogP contribution in [-0.2, 0) is 15.8 Å². The first-order valence-electron chi connectivity index (χ1n) is 8.18. The number of nitrogens with one attached hydrogen (secondary N) is 1. The van der Waals surface area contributed by atoms with E-state index in [-0.39, 0.29) is 17.0 Å². The maximum atomic E-state index is 13.6. The van der Waals surface area contributed by atoms with Crippen molar-refractivity contribution in [2.24, 2.45) is 0 Å². The van der Waals surface area contributed by atoms with Gasteiger partial charge in [-0.15, -0.1) is 0 Å². The number of carbonyl (C=O) groups excluding carboxylic acids is 1. The van der Waals surface area contributed by atoms with Crippen LogP contribution in [0.5, 0.6) is 0 Å². The summed E-state index contributed by atoms with van der Waals surface area (Å²) in [6.07, 6.45) is 1.75. The van der Waals surface area contributed by atoms with Gasteiger partial charge in [-0.05, 0) is 42.7 Å². The zero-order valence-corrected chi connectivity index (χ0v) is 14.7. The highest BCUT2D eigenvalue weighted by molar-refractivity contribution is 7.88. The van der Waals surface area contributed by atoms with Crippen LogP contribution >= 0.6 is 0 Å². The molecule has 1 heterocycles. The molecule has 0 saturated carbocycles. The standard InChI is InChI=1S/C18H18F2N2O3S/c19-15-7-8-17(16(20)11-15)21-18(23)14-5-3-13(4-6-14)12-26(24,25)22-9-1-2-10-22/h3-8,11H,1-2,9-10,12H2,(H,21,23). The Kier molecular flexibility index (Phi) is 5.33. The number of hydrogen-bond acceptors (Lipinski definition) is 3. The molecule has 2 aromatic carbocycles. The van der Waals surface area contributed by atoms with E-state index in [1.54, 1.807) is 12.1 Å². The molecule has 2 aromatic rings. The van der Waals surface area contributed by atoms with Crippen molar-refractivity contribution in [1.29, 1.82) is 0 Å². The van der Waals surface area contributed by atoms with Gasteiger partial charge in [-0.3, -0.25) is 4.79 Å². The number of sulfonamides is 1. The smallest absolute Gasteiger partial charge is 0.255 e. The Bertz CT molecular complexity index is 909. The van der Waals surface area contributed by atoms with Gasteiger partial charge in [0.05, 0.1) is 11.4 Å².